The number of rotatable bonds is 5. The molecule has 1 heterocycles. The minimum Gasteiger partial charge on any atom is -0.311 e. The van der Waals surface area contributed by atoms with E-state index in [1.165, 1.54) is 30.7 Å². The molecule has 0 aromatic carbocycles. The van der Waals surface area contributed by atoms with E-state index in [2.05, 4.69) is 30.3 Å². The van der Waals surface area contributed by atoms with Crippen molar-refractivity contribution >= 4 is 0 Å². The number of nitrogens with one attached hydrogen (secondary N) is 1. The molecule has 17 heavy (non-hydrogen) atoms. The molecule has 3 nitrogen and oxygen atoms in total. The van der Waals surface area contributed by atoms with E-state index >= 15 is 0 Å². The molecule has 96 valence electrons. The largest absolute Gasteiger partial charge is 0.311 e. The second-order valence-corrected chi connectivity index (χ2v) is 5.40. The van der Waals surface area contributed by atoms with Gasteiger partial charge in [0, 0.05) is 13.6 Å². The Balaban J connectivity index is 1.79. The number of hydrogen-bond donors (Lipinski definition) is 1. The van der Waals surface area contributed by atoms with Gasteiger partial charge < -0.3 is 5.32 Å². The zero-order chi connectivity index (χ0) is 12.3. The van der Waals surface area contributed by atoms with Crippen LogP contribution in [0.25, 0.3) is 0 Å². The molecule has 2 atom stereocenters. The van der Waals surface area contributed by atoms with Crippen molar-refractivity contribution in [2.45, 2.75) is 46.1 Å². The molecule has 0 saturated heterocycles. The van der Waals surface area contributed by atoms with Gasteiger partial charge in [-0.2, -0.15) is 5.10 Å². The molecule has 1 aromatic heterocycles. The minimum absolute atomic E-state index is 0.883. The molecule has 0 amide bonds. The fourth-order valence-corrected chi connectivity index (χ4v) is 2.82. The first-order chi connectivity index (χ1) is 8.20. The Labute approximate surface area is 105 Å². The highest BCUT2D eigenvalue weighted by molar-refractivity contribution is 5.09. The average molecular weight is 235 g/mol. The summed E-state index contributed by atoms with van der Waals surface area (Å²) < 4.78 is 2.00. The molecule has 1 N–H and O–H groups in total. The maximum atomic E-state index is 4.47. The zero-order valence-corrected chi connectivity index (χ0v) is 11.4. The van der Waals surface area contributed by atoms with Crippen molar-refractivity contribution in [2.75, 3.05) is 6.54 Å². The van der Waals surface area contributed by atoms with Crippen molar-refractivity contribution < 1.29 is 0 Å². The average Bonchev–Trinajstić information content (AvgIpc) is 2.87. The summed E-state index contributed by atoms with van der Waals surface area (Å²) in [4.78, 5) is 0. The van der Waals surface area contributed by atoms with Crippen LogP contribution in [-0.2, 0) is 20.0 Å². The lowest BCUT2D eigenvalue weighted by molar-refractivity contribution is 0.389. The summed E-state index contributed by atoms with van der Waals surface area (Å²) in [5, 5.41) is 8.06. The third-order valence-electron chi connectivity index (χ3n) is 4.14. The Hall–Kier alpha value is -0.830. The highest BCUT2D eigenvalue weighted by Crippen LogP contribution is 2.30. The number of nitrogens with zero attached hydrogens (tertiary/aromatic N) is 2. The highest BCUT2D eigenvalue weighted by Gasteiger charge is 2.22. The highest BCUT2D eigenvalue weighted by atomic mass is 15.3. The fraction of sp³-hybridized carbons (Fsp3) is 0.786. The third-order valence-corrected chi connectivity index (χ3v) is 4.14. The summed E-state index contributed by atoms with van der Waals surface area (Å²) in [6.07, 6.45) is 5.25. The molecular formula is C14H25N3. The topological polar surface area (TPSA) is 29.9 Å². The molecule has 3 heteroatoms. The van der Waals surface area contributed by atoms with Crippen LogP contribution in [-0.4, -0.2) is 16.3 Å². The lowest BCUT2D eigenvalue weighted by atomic mass is 9.98. The van der Waals surface area contributed by atoms with E-state index in [0.29, 0.717) is 0 Å². The molecule has 1 fully saturated rings. The molecule has 0 spiro atoms. The van der Waals surface area contributed by atoms with Crippen molar-refractivity contribution in [1.82, 2.24) is 15.1 Å². The van der Waals surface area contributed by atoms with Crippen molar-refractivity contribution in [1.29, 1.82) is 0 Å². The van der Waals surface area contributed by atoms with Crippen LogP contribution in [0.1, 0.15) is 44.5 Å². The van der Waals surface area contributed by atoms with E-state index in [0.717, 1.165) is 31.3 Å². The smallest absolute Gasteiger partial charge is 0.0625 e. The van der Waals surface area contributed by atoms with Gasteiger partial charge in [0.2, 0.25) is 0 Å². The maximum Gasteiger partial charge on any atom is 0.0625 e. The standard InChI is InChI=1S/C14H25N3/c1-4-13-8-14(17(3)16-13)10-15-9-12-7-5-6-11(12)2/h8,11-12,15H,4-7,9-10H2,1-3H3. The SMILES string of the molecule is CCc1cc(CNCC2CCCC2C)n(C)n1. The molecule has 2 unspecified atom stereocenters. The predicted molar refractivity (Wildman–Crippen MR) is 70.8 cm³/mol. The van der Waals surface area contributed by atoms with Gasteiger partial charge in [0.25, 0.3) is 0 Å². The van der Waals surface area contributed by atoms with Crippen LogP contribution in [0.15, 0.2) is 6.07 Å². The van der Waals surface area contributed by atoms with E-state index in [4.69, 9.17) is 0 Å². The van der Waals surface area contributed by atoms with E-state index in [1.807, 2.05) is 11.7 Å². The van der Waals surface area contributed by atoms with Gasteiger partial charge in [0.15, 0.2) is 0 Å². The van der Waals surface area contributed by atoms with Gasteiger partial charge in [-0.15, -0.1) is 0 Å². The Kier molecular flexibility index (Phi) is 4.21. The Morgan fingerprint density at radius 1 is 1.47 bits per heavy atom. The quantitative estimate of drug-likeness (QED) is 0.850. The van der Waals surface area contributed by atoms with Crippen molar-refractivity contribution in [2.24, 2.45) is 18.9 Å². The van der Waals surface area contributed by atoms with Crippen LogP contribution < -0.4 is 5.32 Å². The molecule has 1 saturated carbocycles. The van der Waals surface area contributed by atoms with Gasteiger partial charge in [-0.3, -0.25) is 4.68 Å². The van der Waals surface area contributed by atoms with Crippen LogP contribution >= 0.6 is 0 Å². The van der Waals surface area contributed by atoms with Gasteiger partial charge >= 0.3 is 0 Å². The molecule has 1 aliphatic rings. The first kappa shape index (κ1) is 12.6. The van der Waals surface area contributed by atoms with Crippen LogP contribution in [0.4, 0.5) is 0 Å². The van der Waals surface area contributed by atoms with Crippen molar-refractivity contribution in [3.63, 3.8) is 0 Å². The van der Waals surface area contributed by atoms with Gasteiger partial charge in [-0.25, -0.2) is 0 Å². The van der Waals surface area contributed by atoms with Crippen LogP contribution in [0.5, 0.6) is 0 Å². The van der Waals surface area contributed by atoms with Gasteiger partial charge in [0.05, 0.1) is 11.4 Å². The minimum atomic E-state index is 0.883. The fourth-order valence-electron chi connectivity index (χ4n) is 2.82. The Morgan fingerprint density at radius 3 is 2.88 bits per heavy atom. The van der Waals surface area contributed by atoms with Crippen molar-refractivity contribution in [3.05, 3.63) is 17.5 Å². The lowest BCUT2D eigenvalue weighted by Gasteiger charge is -2.15. The van der Waals surface area contributed by atoms with Crippen molar-refractivity contribution in [3.8, 4) is 0 Å². The molecule has 0 radical (unpaired) electrons. The van der Waals surface area contributed by atoms with Crippen LogP contribution in [0, 0.1) is 11.8 Å². The normalized spacial score (nSPS) is 24.4. The summed E-state index contributed by atoms with van der Waals surface area (Å²) in [5.74, 6) is 1.79. The van der Waals surface area contributed by atoms with E-state index in [1.54, 1.807) is 0 Å². The molecule has 1 aliphatic carbocycles. The summed E-state index contributed by atoms with van der Waals surface area (Å²) in [6.45, 7) is 6.65. The second kappa shape index (κ2) is 5.67. The molecule has 1 aromatic rings. The lowest BCUT2D eigenvalue weighted by Crippen LogP contribution is -2.24. The summed E-state index contributed by atoms with van der Waals surface area (Å²) in [5.41, 5.74) is 2.49. The summed E-state index contributed by atoms with van der Waals surface area (Å²) in [7, 11) is 2.04. The van der Waals surface area contributed by atoms with Gasteiger partial charge in [-0.1, -0.05) is 26.7 Å². The molecule has 2 rings (SSSR count). The summed E-state index contributed by atoms with van der Waals surface area (Å²) >= 11 is 0. The Morgan fingerprint density at radius 2 is 2.29 bits per heavy atom. The predicted octanol–water partition coefficient (Wildman–Crippen LogP) is 2.51. The zero-order valence-electron chi connectivity index (χ0n) is 11.4. The summed E-state index contributed by atoms with van der Waals surface area (Å²) in [6, 6.07) is 2.21. The van der Waals surface area contributed by atoms with Crippen LogP contribution in [0.2, 0.25) is 0 Å². The first-order valence-corrected chi connectivity index (χ1v) is 6.93. The van der Waals surface area contributed by atoms with Gasteiger partial charge in [0.1, 0.15) is 0 Å². The van der Waals surface area contributed by atoms with Gasteiger partial charge in [-0.05, 0) is 37.3 Å². The molecule has 0 bridgehead atoms. The first-order valence-electron chi connectivity index (χ1n) is 6.93. The number of hydrogen-bond acceptors (Lipinski definition) is 2. The second-order valence-electron chi connectivity index (χ2n) is 5.40. The van der Waals surface area contributed by atoms with E-state index in [9.17, 15) is 0 Å². The number of aromatic nitrogens is 2. The molecular weight excluding hydrogens is 210 g/mol. The Bertz CT molecular complexity index is 356. The maximum absolute atomic E-state index is 4.47. The monoisotopic (exact) mass is 235 g/mol. The number of aryl methyl sites for hydroxylation is 2. The third kappa shape index (κ3) is 3.09. The van der Waals surface area contributed by atoms with E-state index in [-0.39, 0.29) is 0 Å². The van der Waals surface area contributed by atoms with Crippen LogP contribution in [0.3, 0.4) is 0 Å². The van der Waals surface area contributed by atoms with E-state index < -0.39 is 0 Å². The molecule has 0 aliphatic heterocycles.